The lowest BCUT2D eigenvalue weighted by Crippen LogP contribution is -2.33. The summed E-state index contributed by atoms with van der Waals surface area (Å²) in [6.45, 7) is 4.72. The fourth-order valence-corrected chi connectivity index (χ4v) is 4.07. The zero-order chi connectivity index (χ0) is 26.0. The summed E-state index contributed by atoms with van der Waals surface area (Å²) in [6, 6.07) is 7.70. The Bertz CT molecular complexity index is 1390. The van der Waals surface area contributed by atoms with Gasteiger partial charge in [0, 0.05) is 44.1 Å². The van der Waals surface area contributed by atoms with E-state index in [0.29, 0.717) is 29.6 Å². The number of likely N-dealkylation sites (N-methyl/N-ethyl adjacent to an activating group) is 1. The fourth-order valence-electron chi connectivity index (χ4n) is 3.61. The molecule has 0 saturated carbocycles. The number of nitrogens with zero attached hydrogens (tertiary/aromatic N) is 3. The number of aryl methyl sites for hydroxylation is 1. The highest BCUT2D eigenvalue weighted by Gasteiger charge is 2.29. The molecule has 0 bridgehead atoms. The summed E-state index contributed by atoms with van der Waals surface area (Å²) in [4.78, 5) is 19.1. The van der Waals surface area contributed by atoms with Gasteiger partial charge in [0.05, 0.1) is 28.6 Å². The molecule has 0 aliphatic heterocycles. The molecular weight excluding hydrogens is 476 g/mol. The van der Waals surface area contributed by atoms with Gasteiger partial charge in [0.15, 0.2) is 21.5 Å². The summed E-state index contributed by atoms with van der Waals surface area (Å²) in [5, 5.41) is 0.311. The van der Waals surface area contributed by atoms with Crippen molar-refractivity contribution in [1.29, 1.82) is 0 Å². The van der Waals surface area contributed by atoms with E-state index >= 15 is 0 Å². The predicted molar refractivity (Wildman–Crippen MR) is 133 cm³/mol. The zero-order valence-electron chi connectivity index (χ0n) is 20.6. The molecule has 0 saturated heterocycles. The highest BCUT2D eigenvalue weighted by atomic mass is 32.2. The van der Waals surface area contributed by atoms with E-state index in [-0.39, 0.29) is 36.2 Å². The molecule has 35 heavy (non-hydrogen) atoms. The largest absolute Gasteiger partial charge is 0.383 e. The minimum Gasteiger partial charge on any atom is -0.383 e. The van der Waals surface area contributed by atoms with Gasteiger partial charge in [-0.1, -0.05) is 18.2 Å². The SMILES string of the molecule is COCCN(C)Cc1ccc(-c2ccc3c(=O)n(CCC(C)(C)S(C)(=O)=O)cnc3c2)c(F)c1F. The third kappa shape index (κ3) is 5.94. The van der Waals surface area contributed by atoms with Gasteiger partial charge < -0.3 is 4.74 Å². The molecule has 10 heteroatoms. The standard InChI is InChI=1S/C25H31F2N3O4S/c1-25(2,35(5,32)33)10-11-30-16-28-21-14-17(6-9-20(21)24(30)31)19-8-7-18(22(26)23(19)27)15-29(3)12-13-34-4/h6-9,14,16H,10-13,15H2,1-5H3. The number of ether oxygens (including phenoxy) is 1. The van der Waals surface area contributed by atoms with E-state index in [2.05, 4.69) is 4.98 Å². The third-order valence-corrected chi connectivity index (χ3v) is 8.59. The third-order valence-electron chi connectivity index (χ3n) is 6.37. The van der Waals surface area contributed by atoms with Crippen molar-refractivity contribution in [2.75, 3.05) is 33.6 Å². The maximum atomic E-state index is 14.9. The normalized spacial score (nSPS) is 12.6. The number of fused-ring (bicyclic) bond motifs is 1. The van der Waals surface area contributed by atoms with Gasteiger partial charge in [-0.05, 0) is 45.0 Å². The summed E-state index contributed by atoms with van der Waals surface area (Å²) in [7, 11) is 0.0833. The van der Waals surface area contributed by atoms with Crippen molar-refractivity contribution in [2.45, 2.75) is 38.1 Å². The van der Waals surface area contributed by atoms with Crippen molar-refractivity contribution >= 4 is 20.7 Å². The first-order valence-electron chi connectivity index (χ1n) is 11.2. The molecule has 0 unspecified atom stereocenters. The molecule has 0 radical (unpaired) electrons. The molecule has 0 N–H and O–H groups in total. The maximum absolute atomic E-state index is 14.9. The topological polar surface area (TPSA) is 81.5 Å². The molecule has 0 fully saturated rings. The number of hydrogen-bond donors (Lipinski definition) is 0. The van der Waals surface area contributed by atoms with Crippen LogP contribution in [0.4, 0.5) is 8.78 Å². The first-order valence-corrected chi connectivity index (χ1v) is 13.1. The average molecular weight is 508 g/mol. The van der Waals surface area contributed by atoms with Crippen molar-refractivity contribution < 1.29 is 21.9 Å². The van der Waals surface area contributed by atoms with Crippen LogP contribution in [-0.4, -0.2) is 61.2 Å². The molecule has 1 heterocycles. The van der Waals surface area contributed by atoms with E-state index in [1.165, 1.54) is 29.3 Å². The second kappa shape index (κ2) is 10.5. The van der Waals surface area contributed by atoms with Gasteiger partial charge in [-0.25, -0.2) is 22.2 Å². The second-order valence-electron chi connectivity index (χ2n) is 9.39. The number of sulfone groups is 1. The Kier molecular flexibility index (Phi) is 8.08. The van der Waals surface area contributed by atoms with Gasteiger partial charge in [-0.2, -0.15) is 0 Å². The second-order valence-corrected chi connectivity index (χ2v) is 12.0. The van der Waals surface area contributed by atoms with Gasteiger partial charge in [0.25, 0.3) is 5.56 Å². The lowest BCUT2D eigenvalue weighted by Gasteiger charge is -2.22. The monoisotopic (exact) mass is 507 g/mol. The molecule has 7 nitrogen and oxygen atoms in total. The molecule has 0 amide bonds. The van der Waals surface area contributed by atoms with Gasteiger partial charge in [0.2, 0.25) is 0 Å². The summed E-state index contributed by atoms with van der Waals surface area (Å²) in [5.74, 6) is -1.87. The maximum Gasteiger partial charge on any atom is 0.261 e. The van der Waals surface area contributed by atoms with Crippen LogP contribution in [0.2, 0.25) is 0 Å². The van der Waals surface area contributed by atoms with E-state index in [0.717, 1.165) is 0 Å². The van der Waals surface area contributed by atoms with Crippen molar-refractivity contribution in [1.82, 2.24) is 14.5 Å². The number of rotatable bonds is 10. The number of hydrogen-bond acceptors (Lipinski definition) is 6. The minimum absolute atomic E-state index is 0.0774. The number of halogens is 2. The molecule has 3 aromatic rings. The van der Waals surface area contributed by atoms with Crippen LogP contribution in [0.1, 0.15) is 25.8 Å². The fraction of sp³-hybridized carbons (Fsp3) is 0.440. The van der Waals surface area contributed by atoms with Crippen LogP contribution < -0.4 is 5.56 Å². The van der Waals surface area contributed by atoms with E-state index in [1.807, 2.05) is 4.90 Å². The molecule has 0 aliphatic rings. The Morgan fingerprint density at radius 2 is 1.86 bits per heavy atom. The van der Waals surface area contributed by atoms with Crippen molar-refractivity contribution in [3.63, 3.8) is 0 Å². The van der Waals surface area contributed by atoms with Crippen LogP contribution in [0.5, 0.6) is 0 Å². The van der Waals surface area contributed by atoms with Crippen LogP contribution >= 0.6 is 0 Å². The zero-order valence-corrected chi connectivity index (χ0v) is 21.5. The summed E-state index contributed by atoms with van der Waals surface area (Å²) < 4.78 is 59.0. The minimum atomic E-state index is -3.30. The first-order chi connectivity index (χ1) is 16.4. The summed E-state index contributed by atoms with van der Waals surface area (Å²) in [6.07, 6.45) is 2.77. The highest BCUT2D eigenvalue weighted by Crippen LogP contribution is 2.28. The lowest BCUT2D eigenvalue weighted by atomic mass is 10.0. The van der Waals surface area contributed by atoms with E-state index in [9.17, 15) is 22.0 Å². The Labute approximate surface area is 204 Å². The number of methoxy groups -OCH3 is 1. The van der Waals surface area contributed by atoms with Gasteiger partial charge in [-0.15, -0.1) is 0 Å². The van der Waals surface area contributed by atoms with Crippen LogP contribution in [0.15, 0.2) is 41.5 Å². The van der Waals surface area contributed by atoms with Gasteiger partial charge >= 0.3 is 0 Å². The molecule has 0 aliphatic carbocycles. The molecule has 0 spiro atoms. The smallest absolute Gasteiger partial charge is 0.261 e. The Hall–Kier alpha value is -2.69. The predicted octanol–water partition coefficient (Wildman–Crippen LogP) is 3.63. The lowest BCUT2D eigenvalue weighted by molar-refractivity contribution is 0.158. The molecular formula is C25H31F2N3O4S. The Morgan fingerprint density at radius 3 is 2.51 bits per heavy atom. The van der Waals surface area contributed by atoms with Crippen molar-refractivity contribution in [3.05, 3.63) is 64.2 Å². The van der Waals surface area contributed by atoms with Crippen molar-refractivity contribution in [3.8, 4) is 11.1 Å². The Morgan fingerprint density at radius 1 is 1.14 bits per heavy atom. The summed E-state index contributed by atoms with van der Waals surface area (Å²) >= 11 is 0. The van der Waals surface area contributed by atoms with Crippen LogP contribution in [-0.2, 0) is 27.7 Å². The van der Waals surface area contributed by atoms with Crippen LogP contribution in [0.25, 0.3) is 22.0 Å². The molecule has 0 atom stereocenters. The molecule has 190 valence electrons. The molecule has 1 aromatic heterocycles. The van der Waals surface area contributed by atoms with Gasteiger partial charge in [0.1, 0.15) is 0 Å². The van der Waals surface area contributed by atoms with E-state index < -0.39 is 26.2 Å². The molecule has 2 aromatic carbocycles. The van der Waals surface area contributed by atoms with E-state index in [4.69, 9.17) is 4.74 Å². The van der Waals surface area contributed by atoms with Gasteiger partial charge in [-0.3, -0.25) is 14.3 Å². The van der Waals surface area contributed by atoms with Crippen molar-refractivity contribution in [2.24, 2.45) is 0 Å². The quantitative estimate of drug-likeness (QED) is 0.417. The van der Waals surface area contributed by atoms with Crippen LogP contribution in [0, 0.1) is 11.6 Å². The average Bonchev–Trinajstić information content (AvgIpc) is 2.79. The first kappa shape index (κ1) is 26.9. The number of aromatic nitrogens is 2. The van der Waals surface area contributed by atoms with Crippen LogP contribution in [0.3, 0.4) is 0 Å². The number of benzene rings is 2. The Balaban J connectivity index is 1.88. The molecule has 3 rings (SSSR count). The summed E-state index contributed by atoms with van der Waals surface area (Å²) in [5.41, 5.74) is 0.731. The highest BCUT2D eigenvalue weighted by molar-refractivity contribution is 7.92. The van der Waals surface area contributed by atoms with E-state index in [1.54, 1.807) is 46.2 Å².